The summed E-state index contributed by atoms with van der Waals surface area (Å²) in [5.41, 5.74) is 5.99. The zero-order chi connectivity index (χ0) is 14.7. The molecule has 6 nitrogen and oxygen atoms in total. The van der Waals surface area contributed by atoms with E-state index in [9.17, 15) is 10.1 Å². The predicted molar refractivity (Wildman–Crippen MR) is 78.3 cm³/mol. The van der Waals surface area contributed by atoms with Gasteiger partial charge in [0.2, 0.25) is 0 Å². The van der Waals surface area contributed by atoms with E-state index >= 15 is 0 Å². The van der Waals surface area contributed by atoms with Crippen LogP contribution >= 0.6 is 15.9 Å². The largest absolute Gasteiger partial charge is 0.457 e. The maximum absolute atomic E-state index is 10.5. The monoisotopic (exact) mass is 335 g/mol. The molecular formula is C13H10BrN3O3. The number of nitrogen functional groups attached to an aromatic ring is 1. The number of ether oxygens (including phenoxy) is 1. The Morgan fingerprint density at radius 2 is 1.80 bits per heavy atom. The summed E-state index contributed by atoms with van der Waals surface area (Å²) in [5.74, 6) is 0.979. The Labute approximate surface area is 123 Å². The summed E-state index contributed by atoms with van der Waals surface area (Å²) in [6.45, 7) is 0. The van der Waals surface area contributed by atoms with E-state index < -0.39 is 4.92 Å². The number of rotatable bonds is 4. The van der Waals surface area contributed by atoms with Crippen LogP contribution in [0.15, 0.2) is 46.9 Å². The Morgan fingerprint density at radius 3 is 2.30 bits per heavy atom. The van der Waals surface area contributed by atoms with Crippen molar-refractivity contribution >= 4 is 27.5 Å². The first kappa shape index (κ1) is 14.0. The van der Waals surface area contributed by atoms with Gasteiger partial charge in [0.25, 0.3) is 5.69 Å². The van der Waals surface area contributed by atoms with Gasteiger partial charge in [-0.15, -0.1) is 0 Å². The number of nitrogens with two attached hydrogens (primary N) is 1. The number of benzene rings is 2. The average molecular weight is 336 g/mol. The standard InChI is InChI=1S/C13H10BrN3O3/c14-12-7-10(5-6-11(12)13(15)16)20-9-3-1-8(2-4-9)17(18)19/h1-7H,(H3,15,16). The molecule has 0 heterocycles. The molecule has 0 saturated heterocycles. The summed E-state index contributed by atoms with van der Waals surface area (Å²) in [6, 6.07) is 10.8. The van der Waals surface area contributed by atoms with Crippen LogP contribution < -0.4 is 10.5 Å². The van der Waals surface area contributed by atoms with Crippen molar-refractivity contribution in [2.24, 2.45) is 5.73 Å². The van der Waals surface area contributed by atoms with Crippen LogP contribution in [0.1, 0.15) is 5.56 Å². The summed E-state index contributed by atoms with van der Waals surface area (Å²) < 4.78 is 6.21. The minimum Gasteiger partial charge on any atom is -0.457 e. The number of halogens is 1. The molecule has 102 valence electrons. The number of hydrogen-bond donors (Lipinski definition) is 2. The summed E-state index contributed by atoms with van der Waals surface area (Å²) in [7, 11) is 0. The van der Waals surface area contributed by atoms with E-state index in [4.69, 9.17) is 15.9 Å². The molecular weight excluding hydrogens is 326 g/mol. The molecule has 0 atom stereocenters. The van der Waals surface area contributed by atoms with Crippen LogP contribution in [0.5, 0.6) is 11.5 Å². The molecule has 20 heavy (non-hydrogen) atoms. The van der Waals surface area contributed by atoms with Crippen molar-refractivity contribution in [2.45, 2.75) is 0 Å². The number of amidine groups is 1. The number of nitro benzene ring substituents is 1. The van der Waals surface area contributed by atoms with Gasteiger partial charge < -0.3 is 10.5 Å². The molecule has 0 unspecified atom stereocenters. The van der Waals surface area contributed by atoms with Gasteiger partial charge in [-0.1, -0.05) is 0 Å². The van der Waals surface area contributed by atoms with Gasteiger partial charge >= 0.3 is 0 Å². The van der Waals surface area contributed by atoms with Crippen LogP contribution in [0.3, 0.4) is 0 Å². The molecule has 0 spiro atoms. The van der Waals surface area contributed by atoms with Crippen molar-refractivity contribution in [1.29, 1.82) is 5.41 Å². The quantitative estimate of drug-likeness (QED) is 0.386. The van der Waals surface area contributed by atoms with Gasteiger partial charge in [-0.3, -0.25) is 15.5 Å². The molecule has 0 aliphatic carbocycles. The lowest BCUT2D eigenvalue weighted by Gasteiger charge is -2.08. The molecule has 0 fully saturated rings. The van der Waals surface area contributed by atoms with Crippen LogP contribution in [0.25, 0.3) is 0 Å². The molecule has 0 bridgehead atoms. The first-order valence-corrected chi connectivity index (χ1v) is 6.33. The summed E-state index contributed by atoms with van der Waals surface area (Å²) >= 11 is 3.30. The Balaban J connectivity index is 2.19. The minimum absolute atomic E-state index is 0.00505. The number of nitrogens with zero attached hydrogens (tertiary/aromatic N) is 1. The van der Waals surface area contributed by atoms with E-state index in [-0.39, 0.29) is 11.5 Å². The van der Waals surface area contributed by atoms with Crippen LogP contribution in [0, 0.1) is 15.5 Å². The van der Waals surface area contributed by atoms with Crippen LogP contribution in [0.2, 0.25) is 0 Å². The van der Waals surface area contributed by atoms with Crippen molar-refractivity contribution < 1.29 is 9.66 Å². The van der Waals surface area contributed by atoms with Gasteiger partial charge in [0, 0.05) is 22.2 Å². The Morgan fingerprint density at radius 1 is 1.20 bits per heavy atom. The molecule has 0 saturated carbocycles. The van der Waals surface area contributed by atoms with Gasteiger partial charge in [-0.05, 0) is 46.3 Å². The van der Waals surface area contributed by atoms with Gasteiger partial charge in [0.1, 0.15) is 17.3 Å². The van der Waals surface area contributed by atoms with Gasteiger partial charge in [-0.2, -0.15) is 0 Å². The van der Waals surface area contributed by atoms with E-state index in [0.29, 0.717) is 21.5 Å². The maximum atomic E-state index is 10.5. The van der Waals surface area contributed by atoms with Crippen molar-refractivity contribution in [2.75, 3.05) is 0 Å². The number of nitrogens with one attached hydrogen (secondary N) is 1. The maximum Gasteiger partial charge on any atom is 0.269 e. The van der Waals surface area contributed by atoms with E-state index in [2.05, 4.69) is 15.9 Å². The highest BCUT2D eigenvalue weighted by molar-refractivity contribution is 9.10. The van der Waals surface area contributed by atoms with Crippen molar-refractivity contribution in [1.82, 2.24) is 0 Å². The highest BCUT2D eigenvalue weighted by Gasteiger charge is 2.07. The third-order valence-corrected chi connectivity index (χ3v) is 3.17. The summed E-state index contributed by atoms with van der Waals surface area (Å²) in [4.78, 5) is 10.1. The second-order valence-electron chi connectivity index (χ2n) is 3.91. The highest BCUT2D eigenvalue weighted by Crippen LogP contribution is 2.28. The Bertz CT molecular complexity index is 671. The normalized spacial score (nSPS) is 10.1. The summed E-state index contributed by atoms with van der Waals surface area (Å²) in [6.07, 6.45) is 0. The minimum atomic E-state index is -0.470. The zero-order valence-corrected chi connectivity index (χ0v) is 11.8. The van der Waals surface area contributed by atoms with Crippen LogP contribution in [-0.4, -0.2) is 10.8 Å². The molecule has 0 amide bonds. The molecule has 0 aliphatic heterocycles. The number of non-ortho nitro benzene ring substituents is 1. The van der Waals surface area contributed by atoms with E-state index in [0.717, 1.165) is 0 Å². The van der Waals surface area contributed by atoms with Gasteiger partial charge in [0.15, 0.2) is 0 Å². The fourth-order valence-electron chi connectivity index (χ4n) is 1.55. The van der Waals surface area contributed by atoms with Crippen LogP contribution in [0.4, 0.5) is 5.69 Å². The molecule has 7 heteroatoms. The lowest BCUT2D eigenvalue weighted by atomic mass is 10.2. The SMILES string of the molecule is N=C(N)c1ccc(Oc2ccc([N+](=O)[O-])cc2)cc1Br. The fraction of sp³-hybridized carbons (Fsp3) is 0. The lowest BCUT2D eigenvalue weighted by Crippen LogP contribution is -2.11. The van der Waals surface area contributed by atoms with Crippen LogP contribution in [-0.2, 0) is 0 Å². The van der Waals surface area contributed by atoms with Gasteiger partial charge in [0.05, 0.1) is 4.92 Å². The molecule has 2 rings (SSSR count). The second kappa shape index (κ2) is 5.70. The number of hydrogen-bond acceptors (Lipinski definition) is 4. The lowest BCUT2D eigenvalue weighted by molar-refractivity contribution is -0.384. The molecule has 2 aromatic rings. The third-order valence-electron chi connectivity index (χ3n) is 2.51. The molecule has 3 N–H and O–H groups in total. The van der Waals surface area contributed by atoms with Crippen molar-refractivity contribution in [3.8, 4) is 11.5 Å². The summed E-state index contributed by atoms with van der Waals surface area (Å²) in [5, 5.41) is 17.9. The fourth-order valence-corrected chi connectivity index (χ4v) is 2.12. The number of nitro groups is 1. The predicted octanol–water partition coefficient (Wildman–Crippen LogP) is 3.43. The molecule has 2 aromatic carbocycles. The average Bonchev–Trinajstić information content (AvgIpc) is 2.39. The first-order chi connectivity index (χ1) is 9.47. The Kier molecular flexibility index (Phi) is 3.99. The van der Waals surface area contributed by atoms with E-state index in [1.165, 1.54) is 24.3 Å². The topological polar surface area (TPSA) is 102 Å². The Hall–Kier alpha value is -2.41. The van der Waals surface area contributed by atoms with Crippen molar-refractivity contribution in [3.63, 3.8) is 0 Å². The third kappa shape index (κ3) is 3.12. The molecule has 0 aromatic heterocycles. The smallest absolute Gasteiger partial charge is 0.269 e. The van der Waals surface area contributed by atoms with E-state index in [1.54, 1.807) is 18.2 Å². The highest BCUT2D eigenvalue weighted by atomic mass is 79.9. The zero-order valence-electron chi connectivity index (χ0n) is 10.2. The van der Waals surface area contributed by atoms with E-state index in [1.807, 2.05) is 0 Å². The van der Waals surface area contributed by atoms with Crippen molar-refractivity contribution in [3.05, 3.63) is 62.6 Å². The van der Waals surface area contributed by atoms with Gasteiger partial charge in [-0.25, -0.2) is 0 Å². The molecule has 0 radical (unpaired) electrons. The first-order valence-electron chi connectivity index (χ1n) is 5.53. The molecule has 0 aliphatic rings. The second-order valence-corrected chi connectivity index (χ2v) is 4.76.